The van der Waals surface area contributed by atoms with Crippen molar-refractivity contribution in [2.24, 2.45) is 5.73 Å². The Hall–Kier alpha value is -1.75. The minimum absolute atomic E-state index is 0.0675. The second-order valence-corrected chi connectivity index (χ2v) is 5.25. The number of halogens is 1. The fourth-order valence-corrected chi connectivity index (χ4v) is 2.79. The van der Waals surface area contributed by atoms with Gasteiger partial charge in [0.25, 0.3) is 5.56 Å². The molecule has 3 N–H and O–H groups in total. The van der Waals surface area contributed by atoms with Crippen LogP contribution >= 0.6 is 0 Å². The van der Waals surface area contributed by atoms with Crippen molar-refractivity contribution in [1.82, 2.24) is 10.2 Å². The molecule has 1 aliphatic carbocycles. The fourth-order valence-electron chi connectivity index (χ4n) is 2.79. The Morgan fingerprint density at radius 2 is 1.89 bits per heavy atom. The van der Waals surface area contributed by atoms with E-state index >= 15 is 4.39 Å². The molecule has 19 heavy (non-hydrogen) atoms. The molecule has 0 unspecified atom stereocenters. The summed E-state index contributed by atoms with van der Waals surface area (Å²) in [5.74, 6) is 0. The van der Waals surface area contributed by atoms with Crippen molar-refractivity contribution < 1.29 is 4.39 Å². The van der Waals surface area contributed by atoms with Crippen LogP contribution in [0.4, 0.5) is 4.39 Å². The number of H-pyrrole nitrogens is 1. The number of benzene rings is 1. The van der Waals surface area contributed by atoms with Gasteiger partial charge in [0.1, 0.15) is 5.69 Å². The van der Waals surface area contributed by atoms with Crippen LogP contribution in [0.25, 0.3) is 10.8 Å². The van der Waals surface area contributed by atoms with Crippen molar-refractivity contribution in [3.8, 4) is 0 Å². The number of hydrogen-bond donors (Lipinski definition) is 2. The fraction of sp³-hybridized carbons (Fsp3) is 0.429. The summed E-state index contributed by atoms with van der Waals surface area (Å²) in [6, 6.07) is 7.08. The molecule has 1 aromatic heterocycles. The Balaban J connectivity index is 2.15. The molecule has 0 atom stereocenters. The summed E-state index contributed by atoms with van der Waals surface area (Å²) in [4.78, 5) is 11.7. The standard InChI is InChI=1S/C14H16FN3O/c15-14(7-5-9(16)6-8-14)12-10-3-1-2-4-11(10)13(19)18-17-12/h1-4,9H,5-8,16H2,(H,18,19). The third kappa shape index (κ3) is 2.04. The van der Waals surface area contributed by atoms with Crippen LogP contribution in [-0.2, 0) is 5.67 Å². The molecule has 1 heterocycles. The Labute approximate surface area is 109 Å². The predicted molar refractivity (Wildman–Crippen MR) is 71.6 cm³/mol. The summed E-state index contributed by atoms with van der Waals surface area (Å²) in [6.07, 6.45) is 2.01. The van der Waals surface area contributed by atoms with Gasteiger partial charge in [0.15, 0.2) is 5.67 Å². The number of aromatic amines is 1. The molecule has 2 aromatic rings. The highest BCUT2D eigenvalue weighted by molar-refractivity contribution is 5.84. The number of fused-ring (bicyclic) bond motifs is 1. The molecule has 0 amide bonds. The molecule has 3 rings (SSSR count). The van der Waals surface area contributed by atoms with Crippen LogP contribution in [0.5, 0.6) is 0 Å². The molecular weight excluding hydrogens is 245 g/mol. The zero-order chi connectivity index (χ0) is 13.5. The van der Waals surface area contributed by atoms with Gasteiger partial charge in [0, 0.05) is 11.4 Å². The zero-order valence-electron chi connectivity index (χ0n) is 10.5. The van der Waals surface area contributed by atoms with E-state index in [0.717, 1.165) is 0 Å². The molecule has 4 nitrogen and oxygen atoms in total. The lowest BCUT2D eigenvalue weighted by molar-refractivity contribution is 0.0937. The van der Waals surface area contributed by atoms with Crippen LogP contribution in [0, 0.1) is 0 Å². The minimum Gasteiger partial charge on any atom is -0.328 e. The Morgan fingerprint density at radius 1 is 1.26 bits per heavy atom. The molecule has 0 aliphatic heterocycles. The summed E-state index contributed by atoms with van der Waals surface area (Å²) in [5.41, 5.74) is 4.40. The summed E-state index contributed by atoms with van der Waals surface area (Å²) in [6.45, 7) is 0. The van der Waals surface area contributed by atoms with E-state index in [9.17, 15) is 4.79 Å². The van der Waals surface area contributed by atoms with Crippen LogP contribution in [0.3, 0.4) is 0 Å². The summed E-state index contributed by atoms with van der Waals surface area (Å²) < 4.78 is 15.1. The van der Waals surface area contributed by atoms with Gasteiger partial charge in [-0.25, -0.2) is 9.49 Å². The molecule has 0 saturated heterocycles. The lowest BCUT2D eigenvalue weighted by atomic mass is 9.80. The SMILES string of the molecule is NC1CCC(F)(c2n[nH]c(=O)c3ccccc23)CC1. The maximum absolute atomic E-state index is 15.1. The number of nitrogens with two attached hydrogens (primary N) is 1. The third-order valence-corrected chi connectivity index (χ3v) is 3.94. The maximum Gasteiger partial charge on any atom is 0.272 e. The Kier molecular flexibility index (Phi) is 2.86. The molecular formula is C14H16FN3O. The molecule has 1 aliphatic rings. The predicted octanol–water partition coefficient (Wildman–Crippen LogP) is 1.99. The first-order valence-corrected chi connectivity index (χ1v) is 6.52. The van der Waals surface area contributed by atoms with Gasteiger partial charge in [-0.2, -0.15) is 5.10 Å². The lowest BCUT2D eigenvalue weighted by Gasteiger charge is -2.32. The molecule has 5 heteroatoms. The number of aromatic nitrogens is 2. The van der Waals surface area contributed by atoms with Crippen molar-refractivity contribution in [3.63, 3.8) is 0 Å². The number of hydrogen-bond acceptors (Lipinski definition) is 3. The van der Waals surface area contributed by atoms with Gasteiger partial charge in [-0.1, -0.05) is 18.2 Å². The zero-order valence-corrected chi connectivity index (χ0v) is 10.5. The van der Waals surface area contributed by atoms with Gasteiger partial charge in [0.05, 0.1) is 5.39 Å². The van der Waals surface area contributed by atoms with Crippen LogP contribution in [0.15, 0.2) is 29.1 Å². The number of nitrogens with one attached hydrogen (secondary N) is 1. The van der Waals surface area contributed by atoms with Gasteiger partial charge in [-0.3, -0.25) is 4.79 Å². The average molecular weight is 261 g/mol. The molecule has 1 fully saturated rings. The van der Waals surface area contributed by atoms with E-state index in [0.29, 0.717) is 42.1 Å². The van der Waals surface area contributed by atoms with Crippen LogP contribution in [0.1, 0.15) is 31.4 Å². The highest BCUT2D eigenvalue weighted by Gasteiger charge is 2.39. The Bertz CT molecular complexity index is 659. The first kappa shape index (κ1) is 12.3. The van der Waals surface area contributed by atoms with Crippen molar-refractivity contribution >= 4 is 10.8 Å². The van der Waals surface area contributed by atoms with E-state index in [4.69, 9.17) is 5.73 Å². The van der Waals surface area contributed by atoms with Gasteiger partial charge in [-0.15, -0.1) is 0 Å². The number of nitrogens with zero attached hydrogens (tertiary/aromatic N) is 1. The van der Waals surface area contributed by atoms with Crippen LogP contribution in [0.2, 0.25) is 0 Å². The van der Waals surface area contributed by atoms with Crippen molar-refractivity contribution in [1.29, 1.82) is 0 Å². The van der Waals surface area contributed by atoms with E-state index in [1.807, 2.05) is 0 Å². The second-order valence-electron chi connectivity index (χ2n) is 5.25. The maximum atomic E-state index is 15.1. The summed E-state index contributed by atoms with van der Waals surface area (Å²) in [5, 5.41) is 7.46. The summed E-state index contributed by atoms with van der Waals surface area (Å²) >= 11 is 0. The van der Waals surface area contributed by atoms with Crippen molar-refractivity contribution in [2.75, 3.05) is 0 Å². The highest BCUT2D eigenvalue weighted by atomic mass is 19.1. The van der Waals surface area contributed by atoms with Gasteiger partial charge < -0.3 is 5.73 Å². The van der Waals surface area contributed by atoms with Gasteiger partial charge in [0.2, 0.25) is 0 Å². The first-order chi connectivity index (χ1) is 9.10. The number of rotatable bonds is 1. The molecule has 1 saturated carbocycles. The first-order valence-electron chi connectivity index (χ1n) is 6.52. The van der Waals surface area contributed by atoms with Crippen LogP contribution in [-0.4, -0.2) is 16.2 Å². The van der Waals surface area contributed by atoms with E-state index in [1.165, 1.54) is 0 Å². The van der Waals surface area contributed by atoms with E-state index < -0.39 is 5.67 Å². The minimum atomic E-state index is -1.49. The van der Waals surface area contributed by atoms with Crippen molar-refractivity contribution in [3.05, 3.63) is 40.3 Å². The largest absolute Gasteiger partial charge is 0.328 e. The van der Waals surface area contributed by atoms with Gasteiger partial charge in [-0.05, 0) is 31.7 Å². The molecule has 1 aromatic carbocycles. The average Bonchev–Trinajstić information content (AvgIpc) is 2.43. The second kappa shape index (κ2) is 4.42. The summed E-state index contributed by atoms with van der Waals surface area (Å²) in [7, 11) is 0. The lowest BCUT2D eigenvalue weighted by Crippen LogP contribution is -2.35. The van der Waals surface area contributed by atoms with E-state index in [1.54, 1.807) is 24.3 Å². The quantitative estimate of drug-likeness (QED) is 0.824. The monoisotopic (exact) mass is 261 g/mol. The Morgan fingerprint density at radius 3 is 2.58 bits per heavy atom. The van der Waals surface area contributed by atoms with Crippen LogP contribution < -0.4 is 11.3 Å². The molecule has 0 bridgehead atoms. The van der Waals surface area contributed by atoms with E-state index in [2.05, 4.69) is 10.2 Å². The topological polar surface area (TPSA) is 71.8 Å². The third-order valence-electron chi connectivity index (χ3n) is 3.94. The number of alkyl halides is 1. The molecule has 0 spiro atoms. The molecule has 0 radical (unpaired) electrons. The van der Waals surface area contributed by atoms with E-state index in [-0.39, 0.29) is 11.6 Å². The van der Waals surface area contributed by atoms with Gasteiger partial charge >= 0.3 is 0 Å². The van der Waals surface area contributed by atoms with Crippen molar-refractivity contribution in [2.45, 2.75) is 37.4 Å². The highest BCUT2D eigenvalue weighted by Crippen LogP contribution is 2.41. The normalized spacial score (nSPS) is 27.6. The molecule has 100 valence electrons. The smallest absolute Gasteiger partial charge is 0.272 e.